The summed E-state index contributed by atoms with van der Waals surface area (Å²) in [6.07, 6.45) is 1.62. The summed E-state index contributed by atoms with van der Waals surface area (Å²) in [5.74, 6) is 0.732. The molecule has 0 spiro atoms. The van der Waals surface area contributed by atoms with E-state index in [0.29, 0.717) is 49.6 Å². The van der Waals surface area contributed by atoms with Crippen molar-refractivity contribution in [3.8, 4) is 11.4 Å². The molecule has 0 aliphatic carbocycles. The van der Waals surface area contributed by atoms with Crippen LogP contribution >= 0.6 is 11.3 Å². The Morgan fingerprint density at radius 2 is 2.08 bits per heavy atom. The second-order valence-electron chi connectivity index (χ2n) is 5.86. The van der Waals surface area contributed by atoms with Gasteiger partial charge in [0.25, 0.3) is 0 Å². The number of hydrogen-bond acceptors (Lipinski definition) is 5. The molecule has 0 saturated carbocycles. The van der Waals surface area contributed by atoms with E-state index in [4.69, 9.17) is 4.52 Å². The Bertz CT molecular complexity index is 831. The lowest BCUT2D eigenvalue weighted by Gasteiger charge is -2.19. The third-order valence-corrected chi connectivity index (χ3v) is 4.87. The normalized spacial score (nSPS) is 10.8. The molecule has 26 heavy (non-hydrogen) atoms. The number of aryl methyl sites for hydroxylation is 1. The number of carbonyl (C=O) groups excluding carboxylic acids is 1. The summed E-state index contributed by atoms with van der Waals surface area (Å²) in [7, 11) is 0. The Kier molecular flexibility index (Phi) is 6.12. The van der Waals surface area contributed by atoms with Gasteiger partial charge in [0.15, 0.2) is 0 Å². The van der Waals surface area contributed by atoms with Crippen LogP contribution in [0.15, 0.2) is 46.3 Å². The van der Waals surface area contributed by atoms with Crippen LogP contribution in [0.3, 0.4) is 0 Å². The van der Waals surface area contributed by atoms with Gasteiger partial charge in [-0.05, 0) is 49.1 Å². The van der Waals surface area contributed by atoms with E-state index in [1.54, 1.807) is 23.5 Å². The van der Waals surface area contributed by atoms with Gasteiger partial charge >= 0.3 is 0 Å². The molecule has 2 aromatic heterocycles. The average Bonchev–Trinajstić information content (AvgIpc) is 3.32. The molecule has 0 unspecified atom stereocenters. The smallest absolute Gasteiger partial charge is 0.226 e. The van der Waals surface area contributed by atoms with Gasteiger partial charge in [-0.2, -0.15) is 4.98 Å². The van der Waals surface area contributed by atoms with E-state index in [-0.39, 0.29) is 11.7 Å². The van der Waals surface area contributed by atoms with Crippen molar-refractivity contribution in [3.63, 3.8) is 0 Å². The molecule has 0 fully saturated rings. The first-order valence-electron chi connectivity index (χ1n) is 8.54. The maximum Gasteiger partial charge on any atom is 0.226 e. The summed E-state index contributed by atoms with van der Waals surface area (Å²) in [5, 5.41) is 5.93. The van der Waals surface area contributed by atoms with Gasteiger partial charge < -0.3 is 9.42 Å². The zero-order valence-corrected chi connectivity index (χ0v) is 15.3. The topological polar surface area (TPSA) is 59.2 Å². The van der Waals surface area contributed by atoms with Gasteiger partial charge in [-0.15, -0.1) is 11.3 Å². The molecule has 136 valence electrons. The third-order valence-electron chi connectivity index (χ3n) is 4.01. The number of aromatic nitrogens is 2. The number of thiophene rings is 1. The second-order valence-corrected chi connectivity index (χ2v) is 6.89. The molecule has 0 N–H and O–H groups in total. The number of rotatable bonds is 8. The first-order chi connectivity index (χ1) is 12.7. The van der Waals surface area contributed by atoms with Crippen LogP contribution < -0.4 is 0 Å². The fourth-order valence-electron chi connectivity index (χ4n) is 2.59. The van der Waals surface area contributed by atoms with Crippen LogP contribution in [0.1, 0.15) is 30.5 Å². The first-order valence-corrected chi connectivity index (χ1v) is 9.42. The average molecular weight is 373 g/mol. The predicted molar refractivity (Wildman–Crippen MR) is 98.0 cm³/mol. The van der Waals surface area contributed by atoms with E-state index in [2.05, 4.69) is 10.1 Å². The number of benzene rings is 1. The minimum absolute atomic E-state index is 0.124. The summed E-state index contributed by atoms with van der Waals surface area (Å²) in [6.45, 7) is 3.33. The van der Waals surface area contributed by atoms with E-state index >= 15 is 0 Å². The summed E-state index contributed by atoms with van der Waals surface area (Å²) in [5.41, 5.74) is 0.700. The van der Waals surface area contributed by atoms with Crippen LogP contribution in [-0.4, -0.2) is 27.5 Å². The molecule has 7 heteroatoms. The summed E-state index contributed by atoms with van der Waals surface area (Å²) >= 11 is 1.66. The van der Waals surface area contributed by atoms with Crippen LogP contribution in [-0.2, 0) is 17.8 Å². The standard InChI is InChI=1S/C19H20FN3O2S/c1-2-23(13-16-5-4-12-26-16)18(24)7-3-6-17-21-19(22-25-17)14-8-10-15(20)11-9-14/h4-5,8-12H,2-3,6-7,13H2,1H3. The quantitative estimate of drug-likeness (QED) is 0.590. The highest BCUT2D eigenvalue weighted by Gasteiger charge is 2.14. The SMILES string of the molecule is CCN(Cc1cccs1)C(=O)CCCc1nc(-c2ccc(F)cc2)no1. The van der Waals surface area contributed by atoms with E-state index in [1.165, 1.54) is 17.0 Å². The molecule has 2 heterocycles. The van der Waals surface area contributed by atoms with Crippen molar-refractivity contribution < 1.29 is 13.7 Å². The van der Waals surface area contributed by atoms with Crippen molar-refractivity contribution in [3.05, 3.63) is 58.4 Å². The van der Waals surface area contributed by atoms with Gasteiger partial charge in [-0.25, -0.2) is 4.39 Å². The maximum absolute atomic E-state index is 13.0. The van der Waals surface area contributed by atoms with Crippen molar-refractivity contribution in [2.45, 2.75) is 32.7 Å². The van der Waals surface area contributed by atoms with E-state index < -0.39 is 0 Å². The van der Waals surface area contributed by atoms with Crippen LogP contribution in [0.5, 0.6) is 0 Å². The highest BCUT2D eigenvalue weighted by atomic mass is 32.1. The van der Waals surface area contributed by atoms with E-state index in [1.807, 2.05) is 29.3 Å². The molecule has 3 rings (SSSR count). The Hall–Kier alpha value is -2.54. The number of amides is 1. The molecule has 0 atom stereocenters. The second kappa shape index (κ2) is 8.71. The van der Waals surface area contributed by atoms with Crippen LogP contribution in [0.4, 0.5) is 4.39 Å². The lowest BCUT2D eigenvalue weighted by Crippen LogP contribution is -2.29. The minimum Gasteiger partial charge on any atom is -0.339 e. The predicted octanol–water partition coefficient (Wildman–Crippen LogP) is 4.31. The molecule has 1 amide bonds. The van der Waals surface area contributed by atoms with Crippen LogP contribution in [0, 0.1) is 5.82 Å². The van der Waals surface area contributed by atoms with Crippen LogP contribution in [0.2, 0.25) is 0 Å². The van der Waals surface area contributed by atoms with Gasteiger partial charge in [0.05, 0.1) is 6.54 Å². The van der Waals surface area contributed by atoms with E-state index in [9.17, 15) is 9.18 Å². The van der Waals surface area contributed by atoms with Crippen LogP contribution in [0.25, 0.3) is 11.4 Å². The molecular formula is C19H20FN3O2S. The molecule has 0 aliphatic rings. The fourth-order valence-corrected chi connectivity index (χ4v) is 3.31. The Labute approximate surface area is 155 Å². The van der Waals surface area contributed by atoms with Gasteiger partial charge in [0.1, 0.15) is 5.82 Å². The Balaban J connectivity index is 1.49. The molecular weight excluding hydrogens is 353 g/mol. The first kappa shape index (κ1) is 18.3. The van der Waals surface area contributed by atoms with Gasteiger partial charge in [0.2, 0.25) is 17.6 Å². The summed E-state index contributed by atoms with van der Waals surface area (Å²) in [4.78, 5) is 19.7. The highest BCUT2D eigenvalue weighted by molar-refractivity contribution is 7.09. The molecule has 0 saturated heterocycles. The number of carbonyl (C=O) groups is 1. The number of nitrogens with zero attached hydrogens (tertiary/aromatic N) is 3. The molecule has 5 nitrogen and oxygen atoms in total. The summed E-state index contributed by atoms with van der Waals surface area (Å²) < 4.78 is 18.2. The summed E-state index contributed by atoms with van der Waals surface area (Å²) in [6, 6.07) is 9.96. The van der Waals surface area contributed by atoms with E-state index in [0.717, 1.165) is 0 Å². The molecule has 0 radical (unpaired) electrons. The minimum atomic E-state index is -0.306. The zero-order valence-electron chi connectivity index (χ0n) is 14.5. The fraction of sp³-hybridized carbons (Fsp3) is 0.316. The lowest BCUT2D eigenvalue weighted by molar-refractivity contribution is -0.131. The third kappa shape index (κ3) is 4.76. The van der Waals surface area contributed by atoms with Gasteiger partial charge in [-0.1, -0.05) is 11.2 Å². The lowest BCUT2D eigenvalue weighted by atomic mass is 10.2. The van der Waals surface area contributed by atoms with Crippen molar-refractivity contribution in [2.75, 3.05) is 6.54 Å². The monoisotopic (exact) mass is 373 g/mol. The molecule has 3 aromatic rings. The Morgan fingerprint density at radius 3 is 2.77 bits per heavy atom. The van der Waals surface area contributed by atoms with Crippen molar-refractivity contribution in [1.29, 1.82) is 0 Å². The van der Waals surface area contributed by atoms with Gasteiger partial charge in [-0.3, -0.25) is 4.79 Å². The molecule has 1 aromatic carbocycles. The maximum atomic E-state index is 13.0. The van der Waals surface area contributed by atoms with Crippen molar-refractivity contribution in [2.24, 2.45) is 0 Å². The highest BCUT2D eigenvalue weighted by Crippen LogP contribution is 2.17. The molecule has 0 aliphatic heterocycles. The van der Waals surface area contributed by atoms with Crippen molar-refractivity contribution >= 4 is 17.2 Å². The largest absolute Gasteiger partial charge is 0.339 e. The van der Waals surface area contributed by atoms with Crippen molar-refractivity contribution in [1.82, 2.24) is 15.0 Å². The number of halogens is 1. The number of hydrogen-bond donors (Lipinski definition) is 0. The Morgan fingerprint density at radius 1 is 1.27 bits per heavy atom. The molecule has 0 bridgehead atoms. The zero-order chi connectivity index (χ0) is 18.4. The van der Waals surface area contributed by atoms with Gasteiger partial charge in [0, 0.05) is 29.8 Å².